The predicted octanol–water partition coefficient (Wildman–Crippen LogP) is 6.84. The van der Waals surface area contributed by atoms with Gasteiger partial charge in [-0.1, -0.05) is 50.1 Å². The lowest BCUT2D eigenvalue weighted by atomic mass is 9.84. The number of rotatable bonds is 6. The second-order valence-corrected chi connectivity index (χ2v) is 10.9. The Bertz CT molecular complexity index is 1490. The van der Waals surface area contributed by atoms with Gasteiger partial charge in [0.25, 0.3) is 11.8 Å². The summed E-state index contributed by atoms with van der Waals surface area (Å²) >= 11 is 1.50. The van der Waals surface area contributed by atoms with Crippen LogP contribution in [0.2, 0.25) is 0 Å². The summed E-state index contributed by atoms with van der Waals surface area (Å²) in [5.74, 6) is -0.118. The van der Waals surface area contributed by atoms with Crippen LogP contribution in [0.5, 0.6) is 0 Å². The van der Waals surface area contributed by atoms with E-state index < -0.39 is 5.91 Å². The average Bonchev–Trinajstić information content (AvgIpc) is 3.22. The van der Waals surface area contributed by atoms with Crippen molar-refractivity contribution in [2.24, 2.45) is 11.7 Å². The summed E-state index contributed by atoms with van der Waals surface area (Å²) in [6.07, 6.45) is 5.16. The molecule has 2 aromatic heterocycles. The Kier molecular flexibility index (Phi) is 6.63. The summed E-state index contributed by atoms with van der Waals surface area (Å²) in [6, 6.07) is 15.7. The first-order valence-corrected chi connectivity index (χ1v) is 13.4. The van der Waals surface area contributed by atoms with Crippen LogP contribution in [-0.4, -0.2) is 16.8 Å². The number of fused-ring (bicyclic) bond motifs is 2. The lowest BCUT2D eigenvalue weighted by Gasteiger charge is -2.21. The van der Waals surface area contributed by atoms with Gasteiger partial charge in [0.2, 0.25) is 0 Å². The number of hydrogen-bond donors (Lipinski definition) is 2. The highest BCUT2D eigenvalue weighted by atomic mass is 32.1. The van der Waals surface area contributed by atoms with Crippen molar-refractivity contribution in [1.29, 1.82) is 0 Å². The van der Waals surface area contributed by atoms with E-state index in [1.54, 1.807) is 0 Å². The second kappa shape index (κ2) is 9.86. The predicted molar refractivity (Wildman–Crippen MR) is 148 cm³/mol. The number of primary amides is 1. The van der Waals surface area contributed by atoms with Crippen molar-refractivity contribution in [2.75, 3.05) is 5.32 Å². The average molecular weight is 498 g/mol. The minimum absolute atomic E-state index is 0.259. The van der Waals surface area contributed by atoms with Crippen LogP contribution in [-0.2, 0) is 12.8 Å². The maximum Gasteiger partial charge on any atom is 0.257 e. The van der Waals surface area contributed by atoms with Crippen molar-refractivity contribution in [3.8, 4) is 11.3 Å². The molecule has 0 aliphatic heterocycles. The molecular weight excluding hydrogens is 466 g/mol. The van der Waals surface area contributed by atoms with E-state index in [2.05, 4.69) is 38.2 Å². The first-order chi connectivity index (χ1) is 17.4. The van der Waals surface area contributed by atoms with Gasteiger partial charge in [0, 0.05) is 15.8 Å². The number of thiophene rings is 1. The van der Waals surface area contributed by atoms with Crippen LogP contribution in [0.25, 0.3) is 22.2 Å². The largest absolute Gasteiger partial charge is 0.365 e. The number of anilines is 1. The minimum atomic E-state index is -0.479. The van der Waals surface area contributed by atoms with Crippen LogP contribution in [0.3, 0.4) is 0 Å². The third-order valence-corrected chi connectivity index (χ3v) is 8.47. The molecule has 5 nitrogen and oxygen atoms in total. The smallest absolute Gasteiger partial charge is 0.257 e. The minimum Gasteiger partial charge on any atom is -0.365 e. The van der Waals surface area contributed by atoms with Crippen molar-refractivity contribution >= 4 is 39.1 Å². The summed E-state index contributed by atoms with van der Waals surface area (Å²) < 4.78 is 0. The van der Waals surface area contributed by atoms with E-state index in [1.807, 2.05) is 36.4 Å². The Labute approximate surface area is 215 Å². The van der Waals surface area contributed by atoms with E-state index in [0.717, 1.165) is 53.4 Å². The molecule has 4 aromatic rings. The summed E-state index contributed by atoms with van der Waals surface area (Å²) in [5.41, 5.74) is 12.7. The Morgan fingerprint density at radius 1 is 1.11 bits per heavy atom. The number of nitrogens with two attached hydrogens (primary N) is 1. The van der Waals surface area contributed by atoms with E-state index in [-0.39, 0.29) is 5.91 Å². The maximum absolute atomic E-state index is 13.7. The molecule has 5 rings (SSSR count). The molecule has 0 saturated carbocycles. The molecule has 0 bridgehead atoms. The molecule has 0 radical (unpaired) electrons. The Balaban J connectivity index is 1.55. The van der Waals surface area contributed by atoms with Gasteiger partial charge in [0.15, 0.2) is 0 Å². The molecule has 2 amide bonds. The quantitative estimate of drug-likeness (QED) is 0.306. The molecule has 0 saturated heterocycles. The molecule has 1 unspecified atom stereocenters. The Morgan fingerprint density at radius 3 is 2.67 bits per heavy atom. The van der Waals surface area contributed by atoms with Crippen molar-refractivity contribution in [2.45, 2.75) is 52.9 Å². The van der Waals surface area contributed by atoms with Crippen LogP contribution >= 0.6 is 11.3 Å². The highest BCUT2D eigenvalue weighted by Crippen LogP contribution is 2.41. The monoisotopic (exact) mass is 497 g/mol. The molecule has 184 valence electrons. The van der Waals surface area contributed by atoms with E-state index in [1.165, 1.54) is 33.8 Å². The second-order valence-electron chi connectivity index (χ2n) is 9.80. The van der Waals surface area contributed by atoms with Crippen LogP contribution in [0, 0.1) is 19.8 Å². The van der Waals surface area contributed by atoms with Crippen LogP contribution < -0.4 is 11.1 Å². The number of carbonyl (C=O) groups excluding carboxylic acids is 2. The number of nitrogens with zero attached hydrogens (tertiary/aromatic N) is 1. The van der Waals surface area contributed by atoms with Gasteiger partial charge in [-0.25, -0.2) is 4.98 Å². The van der Waals surface area contributed by atoms with Crippen molar-refractivity contribution in [1.82, 2.24) is 4.98 Å². The molecule has 3 N–H and O–H groups in total. The molecule has 0 spiro atoms. The van der Waals surface area contributed by atoms with Crippen LogP contribution in [0.4, 0.5) is 5.00 Å². The molecule has 1 atom stereocenters. The zero-order valence-electron chi connectivity index (χ0n) is 21.0. The van der Waals surface area contributed by atoms with Crippen molar-refractivity contribution in [3.63, 3.8) is 0 Å². The number of aromatic nitrogens is 1. The normalized spacial score (nSPS) is 15.0. The molecule has 2 aromatic carbocycles. The Hall–Kier alpha value is -3.51. The summed E-state index contributed by atoms with van der Waals surface area (Å²) in [4.78, 5) is 32.2. The molecule has 1 aliphatic rings. The molecular formula is C30H31N3O2S. The van der Waals surface area contributed by atoms with Gasteiger partial charge in [-0.05, 0) is 73.9 Å². The van der Waals surface area contributed by atoms with E-state index >= 15 is 0 Å². The summed E-state index contributed by atoms with van der Waals surface area (Å²) in [5, 5.41) is 4.38. The fourth-order valence-corrected chi connectivity index (χ4v) is 6.60. The number of amides is 2. The van der Waals surface area contributed by atoms with Gasteiger partial charge < -0.3 is 11.1 Å². The van der Waals surface area contributed by atoms with E-state index in [0.29, 0.717) is 22.0 Å². The first-order valence-electron chi connectivity index (χ1n) is 12.6. The zero-order valence-corrected chi connectivity index (χ0v) is 21.8. The molecule has 6 heteroatoms. The number of para-hydroxylation sites is 1. The highest BCUT2D eigenvalue weighted by Gasteiger charge is 2.29. The number of nitrogens with one attached hydrogen (secondary N) is 1. The molecule has 36 heavy (non-hydrogen) atoms. The number of carbonyl (C=O) groups is 2. The fraction of sp³-hybridized carbons (Fsp3) is 0.300. The number of benzene rings is 2. The van der Waals surface area contributed by atoms with Crippen molar-refractivity contribution in [3.05, 3.63) is 81.2 Å². The summed E-state index contributed by atoms with van der Waals surface area (Å²) in [6.45, 7) is 6.35. The molecule has 2 heterocycles. The van der Waals surface area contributed by atoms with E-state index in [4.69, 9.17) is 10.7 Å². The van der Waals surface area contributed by atoms with Gasteiger partial charge in [-0.2, -0.15) is 0 Å². The van der Waals surface area contributed by atoms with Gasteiger partial charge >= 0.3 is 0 Å². The third kappa shape index (κ3) is 4.53. The van der Waals surface area contributed by atoms with Gasteiger partial charge in [-0.3, -0.25) is 9.59 Å². The topological polar surface area (TPSA) is 85.1 Å². The third-order valence-electron chi connectivity index (χ3n) is 7.30. The maximum atomic E-state index is 13.7. The highest BCUT2D eigenvalue weighted by molar-refractivity contribution is 7.17. The Morgan fingerprint density at radius 2 is 1.92 bits per heavy atom. The molecule has 1 aliphatic carbocycles. The van der Waals surface area contributed by atoms with Gasteiger partial charge in [-0.15, -0.1) is 11.3 Å². The number of hydrogen-bond acceptors (Lipinski definition) is 4. The lowest BCUT2D eigenvalue weighted by Crippen LogP contribution is -2.20. The zero-order chi connectivity index (χ0) is 25.4. The van der Waals surface area contributed by atoms with Crippen LogP contribution in [0.1, 0.15) is 68.5 Å². The standard InChI is InChI=1S/C30H31N3O2S/c1-4-7-19-11-13-22-26(15-19)36-30(27(22)28(31)34)33-29(35)23-16-25(20-12-10-17(2)18(3)14-20)32-24-9-6-5-8-21(23)24/h5-6,8-10,12,14,16,19H,4,7,11,13,15H2,1-3H3,(H2,31,34)(H,33,35). The van der Waals surface area contributed by atoms with Gasteiger partial charge in [0.1, 0.15) is 5.00 Å². The van der Waals surface area contributed by atoms with E-state index in [9.17, 15) is 9.59 Å². The van der Waals surface area contributed by atoms with Crippen LogP contribution in [0.15, 0.2) is 48.5 Å². The number of aryl methyl sites for hydroxylation is 2. The first kappa shape index (κ1) is 24.2. The number of pyridine rings is 1. The SMILES string of the molecule is CCCC1CCc2c(sc(NC(=O)c3cc(-c4ccc(C)c(C)c4)nc4ccccc34)c2C(N)=O)C1. The fourth-order valence-electron chi connectivity index (χ4n) is 5.24. The lowest BCUT2D eigenvalue weighted by molar-refractivity contribution is 0.1000. The summed E-state index contributed by atoms with van der Waals surface area (Å²) in [7, 11) is 0. The van der Waals surface area contributed by atoms with Crippen molar-refractivity contribution < 1.29 is 9.59 Å². The molecule has 0 fully saturated rings. The van der Waals surface area contributed by atoms with Gasteiger partial charge in [0.05, 0.1) is 22.3 Å².